The smallest absolute Gasteiger partial charge is 0.239 e. The largest absolute Gasteiger partial charge is 0.338 e. The second-order valence-corrected chi connectivity index (χ2v) is 8.14. The number of para-hydroxylation sites is 1. The molecule has 0 unspecified atom stereocenters. The maximum absolute atomic E-state index is 5.44. The van der Waals surface area contributed by atoms with E-state index < -0.39 is 0 Å². The van der Waals surface area contributed by atoms with Crippen LogP contribution >= 0.6 is 27.7 Å². The first-order valence-corrected chi connectivity index (χ1v) is 9.89. The van der Waals surface area contributed by atoms with Gasteiger partial charge in [0.25, 0.3) is 0 Å². The molecule has 0 aliphatic rings. The highest BCUT2D eigenvalue weighted by Gasteiger charge is 2.16. The van der Waals surface area contributed by atoms with E-state index >= 15 is 0 Å². The Morgan fingerprint density at radius 3 is 2.81 bits per heavy atom. The second kappa shape index (κ2) is 7.59. The zero-order valence-electron chi connectivity index (χ0n) is 14.0. The van der Waals surface area contributed by atoms with Gasteiger partial charge in [0.15, 0.2) is 5.82 Å². The zero-order valence-corrected chi connectivity index (χ0v) is 16.4. The SMILES string of the molecule is C[C@H](Sc1ccc(Br)cc1)c1nc(CCn2nnc3ccccc32)no1. The first-order chi connectivity index (χ1) is 12.7. The van der Waals surface area contributed by atoms with Crippen molar-refractivity contribution in [2.75, 3.05) is 0 Å². The fourth-order valence-electron chi connectivity index (χ4n) is 2.59. The first kappa shape index (κ1) is 17.2. The van der Waals surface area contributed by atoms with Gasteiger partial charge < -0.3 is 4.52 Å². The predicted octanol–water partition coefficient (Wildman–Crippen LogP) is 4.67. The van der Waals surface area contributed by atoms with Crippen LogP contribution in [0.15, 0.2) is 62.4 Å². The Bertz CT molecular complexity index is 1010. The fraction of sp³-hybridized carbons (Fsp3) is 0.222. The Balaban J connectivity index is 1.40. The third kappa shape index (κ3) is 3.81. The van der Waals surface area contributed by atoms with Crippen LogP contribution in [-0.4, -0.2) is 25.1 Å². The van der Waals surface area contributed by atoms with Gasteiger partial charge in [-0.15, -0.1) is 16.9 Å². The summed E-state index contributed by atoms with van der Waals surface area (Å²) in [6, 6.07) is 16.1. The van der Waals surface area contributed by atoms with Gasteiger partial charge in [-0.3, -0.25) is 0 Å². The number of fused-ring (bicyclic) bond motifs is 1. The highest BCUT2D eigenvalue weighted by atomic mass is 79.9. The quantitative estimate of drug-likeness (QED) is 0.414. The Morgan fingerprint density at radius 2 is 1.96 bits per heavy atom. The normalized spacial score (nSPS) is 12.5. The first-order valence-electron chi connectivity index (χ1n) is 8.22. The summed E-state index contributed by atoms with van der Waals surface area (Å²) in [5.74, 6) is 1.32. The molecule has 2 aromatic heterocycles. The molecule has 1 atom stereocenters. The molecule has 2 aromatic carbocycles. The van der Waals surface area contributed by atoms with Crippen molar-refractivity contribution < 1.29 is 4.52 Å². The average Bonchev–Trinajstić information content (AvgIpc) is 3.29. The van der Waals surface area contributed by atoms with Gasteiger partial charge >= 0.3 is 0 Å². The van der Waals surface area contributed by atoms with E-state index in [9.17, 15) is 0 Å². The molecule has 0 radical (unpaired) electrons. The topological polar surface area (TPSA) is 69.6 Å². The van der Waals surface area contributed by atoms with E-state index in [1.807, 2.05) is 41.1 Å². The van der Waals surface area contributed by atoms with Gasteiger partial charge in [0.2, 0.25) is 5.89 Å². The number of hydrogen-bond donors (Lipinski definition) is 0. The van der Waals surface area contributed by atoms with Gasteiger partial charge in [-0.05, 0) is 43.3 Å². The van der Waals surface area contributed by atoms with Crippen LogP contribution in [-0.2, 0) is 13.0 Å². The number of rotatable bonds is 6. The summed E-state index contributed by atoms with van der Waals surface area (Å²) < 4.78 is 8.37. The van der Waals surface area contributed by atoms with Crippen LogP contribution in [0.2, 0.25) is 0 Å². The van der Waals surface area contributed by atoms with E-state index in [0.29, 0.717) is 24.7 Å². The molecule has 0 aliphatic carbocycles. The number of aryl methyl sites for hydroxylation is 2. The van der Waals surface area contributed by atoms with Crippen molar-refractivity contribution in [3.63, 3.8) is 0 Å². The third-order valence-electron chi connectivity index (χ3n) is 3.93. The average molecular weight is 430 g/mol. The molecule has 0 spiro atoms. The Kier molecular flexibility index (Phi) is 5.03. The lowest BCUT2D eigenvalue weighted by Gasteiger charge is -2.06. The predicted molar refractivity (Wildman–Crippen MR) is 104 cm³/mol. The van der Waals surface area contributed by atoms with Crippen molar-refractivity contribution in [3.05, 3.63) is 64.7 Å². The lowest BCUT2D eigenvalue weighted by molar-refractivity contribution is 0.373. The second-order valence-electron chi connectivity index (χ2n) is 5.81. The number of thioether (sulfide) groups is 1. The van der Waals surface area contributed by atoms with Crippen LogP contribution in [0, 0.1) is 0 Å². The molecule has 0 amide bonds. The number of aromatic nitrogens is 5. The molecule has 0 N–H and O–H groups in total. The molecule has 132 valence electrons. The number of hydrogen-bond acceptors (Lipinski definition) is 6. The van der Waals surface area contributed by atoms with Crippen molar-refractivity contribution in [1.29, 1.82) is 0 Å². The minimum Gasteiger partial charge on any atom is -0.338 e. The maximum Gasteiger partial charge on any atom is 0.239 e. The number of nitrogens with zero attached hydrogens (tertiary/aromatic N) is 5. The Hall–Kier alpha value is -2.19. The van der Waals surface area contributed by atoms with Crippen molar-refractivity contribution in [2.45, 2.75) is 30.0 Å². The third-order valence-corrected chi connectivity index (χ3v) is 5.55. The molecule has 26 heavy (non-hydrogen) atoms. The van der Waals surface area contributed by atoms with Crippen molar-refractivity contribution >= 4 is 38.7 Å². The van der Waals surface area contributed by atoms with Gasteiger partial charge in [0, 0.05) is 15.8 Å². The molecular formula is C18H16BrN5OS. The van der Waals surface area contributed by atoms with Crippen LogP contribution in [0.25, 0.3) is 11.0 Å². The molecule has 4 aromatic rings. The summed E-state index contributed by atoms with van der Waals surface area (Å²) >= 11 is 5.14. The molecule has 0 bridgehead atoms. The highest BCUT2D eigenvalue weighted by molar-refractivity contribution is 9.10. The molecule has 2 heterocycles. The molecule has 0 saturated heterocycles. The number of halogens is 1. The zero-order chi connectivity index (χ0) is 17.9. The molecule has 6 nitrogen and oxygen atoms in total. The van der Waals surface area contributed by atoms with E-state index in [1.54, 1.807) is 11.8 Å². The van der Waals surface area contributed by atoms with Crippen molar-refractivity contribution in [3.8, 4) is 0 Å². The van der Waals surface area contributed by atoms with E-state index in [4.69, 9.17) is 4.52 Å². The van der Waals surface area contributed by atoms with Gasteiger partial charge in [0.05, 0.1) is 17.3 Å². The van der Waals surface area contributed by atoms with E-state index in [-0.39, 0.29) is 5.25 Å². The van der Waals surface area contributed by atoms with Crippen LogP contribution in [0.5, 0.6) is 0 Å². The number of benzene rings is 2. The summed E-state index contributed by atoms with van der Waals surface area (Å²) in [4.78, 5) is 5.70. The van der Waals surface area contributed by atoms with Crippen LogP contribution in [0.3, 0.4) is 0 Å². The maximum atomic E-state index is 5.44. The van der Waals surface area contributed by atoms with Gasteiger partial charge in [0.1, 0.15) is 5.52 Å². The van der Waals surface area contributed by atoms with Crippen LogP contribution in [0.1, 0.15) is 23.9 Å². The summed E-state index contributed by atoms with van der Waals surface area (Å²) in [6.45, 7) is 2.72. The van der Waals surface area contributed by atoms with E-state index in [0.717, 1.165) is 20.4 Å². The molecule has 0 saturated carbocycles. The summed E-state index contributed by atoms with van der Waals surface area (Å²) in [5, 5.41) is 12.5. The summed E-state index contributed by atoms with van der Waals surface area (Å²) in [7, 11) is 0. The lowest BCUT2D eigenvalue weighted by atomic mass is 10.3. The van der Waals surface area contributed by atoms with Gasteiger partial charge in [-0.2, -0.15) is 4.98 Å². The molecular weight excluding hydrogens is 414 g/mol. The fourth-order valence-corrected chi connectivity index (χ4v) is 3.75. The lowest BCUT2D eigenvalue weighted by Crippen LogP contribution is -2.04. The van der Waals surface area contributed by atoms with E-state index in [1.165, 1.54) is 0 Å². The molecule has 8 heteroatoms. The summed E-state index contributed by atoms with van der Waals surface area (Å²) in [5.41, 5.74) is 1.90. The Labute approximate surface area is 163 Å². The molecule has 0 aliphatic heterocycles. The minimum absolute atomic E-state index is 0.0876. The van der Waals surface area contributed by atoms with Crippen molar-refractivity contribution in [2.24, 2.45) is 0 Å². The van der Waals surface area contributed by atoms with Crippen molar-refractivity contribution in [1.82, 2.24) is 25.1 Å². The standard InChI is InChI=1S/C18H16BrN5OS/c1-12(26-14-8-6-13(19)7-9-14)18-20-17(22-25-18)10-11-24-16-5-3-2-4-15(16)21-23-24/h2-9,12H,10-11H2,1H3/t12-/m0/s1. The molecule has 4 rings (SSSR count). The molecule has 0 fully saturated rings. The van der Waals surface area contributed by atoms with Gasteiger partial charge in [-0.1, -0.05) is 38.4 Å². The van der Waals surface area contributed by atoms with E-state index in [2.05, 4.69) is 55.4 Å². The Morgan fingerprint density at radius 1 is 1.15 bits per heavy atom. The summed E-state index contributed by atoms with van der Waals surface area (Å²) in [6.07, 6.45) is 0.645. The van der Waals surface area contributed by atoms with Crippen LogP contribution in [0.4, 0.5) is 0 Å². The van der Waals surface area contributed by atoms with Crippen LogP contribution < -0.4 is 0 Å². The minimum atomic E-state index is 0.0876. The van der Waals surface area contributed by atoms with Gasteiger partial charge in [-0.25, -0.2) is 4.68 Å². The highest BCUT2D eigenvalue weighted by Crippen LogP contribution is 2.34. The monoisotopic (exact) mass is 429 g/mol.